The molecule has 1 aliphatic heterocycles. The van der Waals surface area contributed by atoms with Gasteiger partial charge in [-0.2, -0.15) is 0 Å². The summed E-state index contributed by atoms with van der Waals surface area (Å²) in [6, 6.07) is 7.42. The second-order valence-corrected chi connectivity index (χ2v) is 6.70. The molecule has 1 aromatic carbocycles. The van der Waals surface area contributed by atoms with Crippen molar-refractivity contribution >= 4 is 10.9 Å². The number of ether oxygens (including phenoxy) is 1. The molecule has 0 unspecified atom stereocenters. The van der Waals surface area contributed by atoms with Gasteiger partial charge in [0.2, 0.25) is 11.8 Å². The zero-order valence-electron chi connectivity index (χ0n) is 15.0. The third-order valence-corrected chi connectivity index (χ3v) is 4.59. The van der Waals surface area contributed by atoms with Crippen molar-refractivity contribution in [2.45, 2.75) is 32.6 Å². The fourth-order valence-corrected chi connectivity index (χ4v) is 3.35. The van der Waals surface area contributed by atoms with Gasteiger partial charge in [-0.3, -0.25) is 14.3 Å². The first-order valence-electron chi connectivity index (χ1n) is 8.63. The minimum absolute atomic E-state index is 0.0124. The Labute approximate surface area is 150 Å². The maximum absolute atomic E-state index is 12.6. The van der Waals surface area contributed by atoms with E-state index in [1.165, 1.54) is 0 Å². The Bertz CT molecular complexity index is 996. The summed E-state index contributed by atoms with van der Waals surface area (Å²) in [4.78, 5) is 19.5. The van der Waals surface area contributed by atoms with Crippen LogP contribution in [0, 0.1) is 6.92 Å². The molecular weight excluding hydrogens is 334 g/mol. The lowest BCUT2D eigenvalue weighted by molar-refractivity contribution is -0.0925. The van der Waals surface area contributed by atoms with Crippen LogP contribution in [0.1, 0.15) is 30.6 Å². The molecule has 4 rings (SSSR count). The number of aryl methyl sites for hydroxylation is 1. The van der Waals surface area contributed by atoms with E-state index in [-0.39, 0.29) is 17.8 Å². The van der Waals surface area contributed by atoms with E-state index in [2.05, 4.69) is 20.1 Å². The SMILES string of the molecule is Cc1nnc([C@H]2CN(Cc3nc4ccccc4c(=O)n3C)C[C@@H](C)O2)o1. The Balaban J connectivity index is 1.61. The van der Waals surface area contributed by atoms with Gasteiger partial charge in [0.05, 0.1) is 23.6 Å². The normalized spacial score (nSPS) is 21.3. The van der Waals surface area contributed by atoms with Crippen LogP contribution in [0.5, 0.6) is 0 Å². The summed E-state index contributed by atoms with van der Waals surface area (Å²) in [5, 5.41) is 8.59. The van der Waals surface area contributed by atoms with Crippen LogP contribution in [0.15, 0.2) is 33.5 Å². The van der Waals surface area contributed by atoms with Crippen molar-refractivity contribution in [2.75, 3.05) is 13.1 Å². The van der Waals surface area contributed by atoms with Crippen molar-refractivity contribution in [1.29, 1.82) is 0 Å². The molecule has 1 saturated heterocycles. The van der Waals surface area contributed by atoms with Gasteiger partial charge in [-0.05, 0) is 19.1 Å². The third-order valence-electron chi connectivity index (χ3n) is 4.59. The number of rotatable bonds is 3. The zero-order chi connectivity index (χ0) is 18.3. The van der Waals surface area contributed by atoms with Crippen LogP contribution < -0.4 is 5.56 Å². The van der Waals surface area contributed by atoms with E-state index >= 15 is 0 Å². The van der Waals surface area contributed by atoms with Crippen LogP contribution >= 0.6 is 0 Å². The number of benzene rings is 1. The van der Waals surface area contributed by atoms with Crippen molar-refractivity contribution in [3.63, 3.8) is 0 Å². The summed E-state index contributed by atoms with van der Waals surface area (Å²) < 4.78 is 13.1. The van der Waals surface area contributed by atoms with Crippen LogP contribution in [0.4, 0.5) is 0 Å². The molecule has 0 N–H and O–H groups in total. The van der Waals surface area contributed by atoms with Gasteiger partial charge in [-0.25, -0.2) is 4.98 Å². The second kappa shape index (κ2) is 6.62. The Morgan fingerprint density at radius 1 is 1.23 bits per heavy atom. The minimum atomic E-state index is -0.280. The van der Waals surface area contributed by atoms with E-state index in [9.17, 15) is 4.79 Å². The number of aromatic nitrogens is 4. The summed E-state index contributed by atoms with van der Waals surface area (Å²) in [6.07, 6.45) is -0.268. The molecule has 3 aromatic rings. The number of hydrogen-bond donors (Lipinski definition) is 0. The molecular formula is C18H21N5O3. The maximum Gasteiger partial charge on any atom is 0.261 e. The minimum Gasteiger partial charge on any atom is -0.423 e. The first-order valence-corrected chi connectivity index (χ1v) is 8.63. The lowest BCUT2D eigenvalue weighted by atomic mass is 10.2. The van der Waals surface area contributed by atoms with Crippen LogP contribution in [0.3, 0.4) is 0 Å². The van der Waals surface area contributed by atoms with Crippen LogP contribution in [0.25, 0.3) is 10.9 Å². The predicted octanol–water partition coefficient (Wildman–Crippen LogP) is 1.59. The smallest absolute Gasteiger partial charge is 0.261 e. The van der Waals surface area contributed by atoms with Crippen LogP contribution in [-0.2, 0) is 18.3 Å². The topological polar surface area (TPSA) is 86.3 Å². The highest BCUT2D eigenvalue weighted by molar-refractivity contribution is 5.77. The molecule has 0 amide bonds. The maximum atomic E-state index is 12.6. The van der Waals surface area contributed by atoms with Crippen LogP contribution in [-0.4, -0.2) is 43.8 Å². The molecule has 0 aliphatic carbocycles. The summed E-state index contributed by atoms with van der Waals surface area (Å²) in [6.45, 7) is 5.67. The fraction of sp³-hybridized carbons (Fsp3) is 0.444. The first kappa shape index (κ1) is 16.9. The molecule has 2 atom stereocenters. The Morgan fingerprint density at radius 2 is 2.04 bits per heavy atom. The summed E-state index contributed by atoms with van der Waals surface area (Å²) in [5.41, 5.74) is 0.687. The Morgan fingerprint density at radius 3 is 2.81 bits per heavy atom. The van der Waals surface area contributed by atoms with Crippen molar-refractivity contribution in [2.24, 2.45) is 7.05 Å². The summed E-state index contributed by atoms with van der Waals surface area (Å²) >= 11 is 0. The first-order chi connectivity index (χ1) is 12.5. The van der Waals surface area contributed by atoms with E-state index in [0.717, 1.165) is 17.9 Å². The lowest BCUT2D eigenvalue weighted by Gasteiger charge is -2.35. The average molecular weight is 355 g/mol. The molecule has 0 saturated carbocycles. The second-order valence-electron chi connectivity index (χ2n) is 6.70. The van der Waals surface area contributed by atoms with Crippen LogP contribution in [0.2, 0.25) is 0 Å². The fourth-order valence-electron chi connectivity index (χ4n) is 3.35. The van der Waals surface area contributed by atoms with Gasteiger partial charge in [0, 0.05) is 27.1 Å². The third kappa shape index (κ3) is 3.13. The molecule has 0 bridgehead atoms. The van der Waals surface area contributed by atoms with Crippen molar-refractivity contribution in [1.82, 2.24) is 24.6 Å². The molecule has 3 heterocycles. The van der Waals surface area contributed by atoms with Gasteiger partial charge in [0.1, 0.15) is 11.9 Å². The standard InChI is InChI=1S/C18H21N5O3/c1-11-8-23(9-15(25-11)17-21-20-12(2)26-17)10-16-19-14-7-5-4-6-13(14)18(24)22(16)3/h4-7,11,15H,8-10H2,1-3H3/t11-,15-/m1/s1. The van der Waals surface area contributed by atoms with Gasteiger partial charge in [-0.15, -0.1) is 10.2 Å². The lowest BCUT2D eigenvalue weighted by Crippen LogP contribution is -2.43. The highest BCUT2D eigenvalue weighted by atomic mass is 16.5. The molecule has 0 spiro atoms. The van der Waals surface area contributed by atoms with Crippen molar-refractivity contribution in [3.05, 3.63) is 52.2 Å². The van der Waals surface area contributed by atoms with Gasteiger partial charge in [0.25, 0.3) is 5.56 Å². The highest BCUT2D eigenvalue weighted by Gasteiger charge is 2.30. The predicted molar refractivity (Wildman–Crippen MR) is 94.6 cm³/mol. The van der Waals surface area contributed by atoms with Gasteiger partial charge >= 0.3 is 0 Å². The molecule has 8 nitrogen and oxygen atoms in total. The van der Waals surface area contributed by atoms with E-state index in [1.807, 2.05) is 25.1 Å². The Kier molecular flexibility index (Phi) is 4.29. The molecule has 1 fully saturated rings. The number of hydrogen-bond acceptors (Lipinski definition) is 7. The molecule has 1 aliphatic rings. The van der Waals surface area contributed by atoms with Gasteiger partial charge in [0.15, 0.2) is 0 Å². The number of fused-ring (bicyclic) bond motifs is 1. The highest BCUT2D eigenvalue weighted by Crippen LogP contribution is 2.25. The molecule has 2 aromatic heterocycles. The van der Waals surface area contributed by atoms with E-state index < -0.39 is 0 Å². The van der Waals surface area contributed by atoms with E-state index in [0.29, 0.717) is 30.3 Å². The summed E-state index contributed by atoms with van der Waals surface area (Å²) in [7, 11) is 1.76. The van der Waals surface area contributed by atoms with Crippen molar-refractivity contribution < 1.29 is 9.15 Å². The number of morpholine rings is 1. The largest absolute Gasteiger partial charge is 0.423 e. The molecule has 0 radical (unpaired) electrons. The molecule has 8 heteroatoms. The Hall–Kier alpha value is -2.58. The number of para-hydroxylation sites is 1. The quantitative estimate of drug-likeness (QED) is 0.705. The summed E-state index contributed by atoms with van der Waals surface area (Å²) in [5.74, 6) is 1.73. The van der Waals surface area contributed by atoms with E-state index in [4.69, 9.17) is 9.15 Å². The molecule has 26 heavy (non-hydrogen) atoms. The van der Waals surface area contributed by atoms with Crippen molar-refractivity contribution in [3.8, 4) is 0 Å². The van der Waals surface area contributed by atoms with Gasteiger partial charge in [-0.1, -0.05) is 12.1 Å². The monoisotopic (exact) mass is 355 g/mol. The zero-order valence-corrected chi connectivity index (χ0v) is 15.0. The van der Waals surface area contributed by atoms with E-state index in [1.54, 1.807) is 24.6 Å². The number of nitrogens with zero attached hydrogens (tertiary/aromatic N) is 5. The average Bonchev–Trinajstić information content (AvgIpc) is 3.05. The molecule has 136 valence electrons. The van der Waals surface area contributed by atoms with Gasteiger partial charge < -0.3 is 9.15 Å².